The Morgan fingerprint density at radius 1 is 0.933 bits per heavy atom. The molecule has 0 bridgehead atoms. The number of benzene rings is 2. The van der Waals surface area contributed by atoms with Crippen LogP contribution in [-0.4, -0.2) is 46.9 Å². The molecule has 6 nitrogen and oxygen atoms in total. The molecule has 0 aliphatic carbocycles. The van der Waals surface area contributed by atoms with Crippen molar-refractivity contribution in [1.29, 1.82) is 0 Å². The minimum atomic E-state index is -0.497. The van der Waals surface area contributed by atoms with Gasteiger partial charge < -0.3 is 9.64 Å². The fourth-order valence-corrected chi connectivity index (χ4v) is 3.83. The highest BCUT2D eigenvalue weighted by molar-refractivity contribution is 6.05. The second-order valence-corrected chi connectivity index (χ2v) is 7.27. The second kappa shape index (κ2) is 8.86. The predicted molar refractivity (Wildman–Crippen MR) is 113 cm³/mol. The van der Waals surface area contributed by atoms with Crippen LogP contribution in [-0.2, 0) is 4.74 Å². The van der Waals surface area contributed by atoms with Crippen LogP contribution in [0.15, 0.2) is 66.9 Å². The summed E-state index contributed by atoms with van der Waals surface area (Å²) in [6.45, 7) is 1.23. The summed E-state index contributed by atoms with van der Waals surface area (Å²) < 4.78 is 4.81. The molecule has 0 atom stereocenters. The summed E-state index contributed by atoms with van der Waals surface area (Å²) >= 11 is 0. The first kappa shape index (κ1) is 19.8. The number of hydrogen-bond donors (Lipinski definition) is 0. The van der Waals surface area contributed by atoms with Gasteiger partial charge >= 0.3 is 5.97 Å². The van der Waals surface area contributed by atoms with Crippen LogP contribution in [0.25, 0.3) is 11.4 Å². The van der Waals surface area contributed by atoms with Crippen molar-refractivity contribution < 1.29 is 14.3 Å². The van der Waals surface area contributed by atoms with E-state index >= 15 is 0 Å². The lowest BCUT2D eigenvalue weighted by Crippen LogP contribution is -2.38. The van der Waals surface area contributed by atoms with Crippen molar-refractivity contribution in [2.24, 2.45) is 0 Å². The Bertz CT molecular complexity index is 1040. The van der Waals surface area contributed by atoms with Crippen molar-refractivity contribution in [2.75, 3.05) is 20.2 Å². The molecule has 2 aromatic carbocycles. The molecular weight excluding hydrogens is 378 g/mol. The molecule has 1 amide bonds. The molecule has 3 aromatic rings. The summed E-state index contributed by atoms with van der Waals surface area (Å²) in [4.78, 5) is 36.0. The number of nitrogens with zero attached hydrogens (tertiary/aromatic N) is 3. The van der Waals surface area contributed by atoms with E-state index in [0.29, 0.717) is 24.2 Å². The molecule has 0 saturated carbocycles. The average Bonchev–Trinajstić information content (AvgIpc) is 2.84. The Hall–Kier alpha value is -3.54. The van der Waals surface area contributed by atoms with Crippen molar-refractivity contribution in [3.8, 4) is 11.4 Å². The van der Waals surface area contributed by atoms with Crippen LogP contribution in [0.4, 0.5) is 0 Å². The van der Waals surface area contributed by atoms with Crippen molar-refractivity contribution in [3.05, 3.63) is 83.7 Å². The van der Waals surface area contributed by atoms with Gasteiger partial charge in [0, 0.05) is 36.5 Å². The minimum absolute atomic E-state index is 0.137. The largest absolute Gasteiger partial charge is 0.465 e. The molecule has 1 aromatic heterocycles. The molecule has 6 heteroatoms. The highest BCUT2D eigenvalue weighted by atomic mass is 16.5. The highest BCUT2D eigenvalue weighted by Gasteiger charge is 2.28. The summed E-state index contributed by atoms with van der Waals surface area (Å²) in [6, 6.07) is 18.7. The Morgan fingerprint density at radius 2 is 1.60 bits per heavy atom. The minimum Gasteiger partial charge on any atom is -0.465 e. The van der Waals surface area contributed by atoms with Gasteiger partial charge in [-0.05, 0) is 31.0 Å². The van der Waals surface area contributed by atoms with Gasteiger partial charge in [-0.2, -0.15) is 0 Å². The van der Waals surface area contributed by atoms with Crippen LogP contribution >= 0.6 is 0 Å². The van der Waals surface area contributed by atoms with Gasteiger partial charge in [0.1, 0.15) is 0 Å². The predicted octanol–water partition coefficient (Wildman–Crippen LogP) is 3.95. The van der Waals surface area contributed by atoms with Crippen LogP contribution in [0.5, 0.6) is 0 Å². The molecule has 1 saturated heterocycles. The van der Waals surface area contributed by atoms with Gasteiger partial charge in [-0.3, -0.25) is 4.79 Å². The van der Waals surface area contributed by atoms with Crippen molar-refractivity contribution in [1.82, 2.24) is 14.9 Å². The summed E-state index contributed by atoms with van der Waals surface area (Å²) in [6.07, 6.45) is 3.43. The van der Waals surface area contributed by atoms with Crippen molar-refractivity contribution in [2.45, 2.75) is 18.8 Å². The number of likely N-dealkylation sites (tertiary alicyclic amines) is 1. The monoisotopic (exact) mass is 401 g/mol. The Kier molecular flexibility index (Phi) is 5.84. The van der Waals surface area contributed by atoms with E-state index in [0.717, 1.165) is 29.9 Å². The number of carbonyl (C=O) groups is 2. The summed E-state index contributed by atoms with van der Waals surface area (Å²) in [5.74, 6) is 0.361. The summed E-state index contributed by atoms with van der Waals surface area (Å²) in [5, 5.41) is 0. The fourth-order valence-electron chi connectivity index (χ4n) is 3.83. The molecule has 152 valence electrons. The number of amides is 1. The molecule has 1 aliphatic heterocycles. The van der Waals surface area contributed by atoms with Gasteiger partial charge in [0.2, 0.25) is 0 Å². The first-order valence-corrected chi connectivity index (χ1v) is 10.0. The zero-order valence-electron chi connectivity index (χ0n) is 16.8. The average molecular weight is 401 g/mol. The van der Waals surface area contributed by atoms with Crippen molar-refractivity contribution in [3.63, 3.8) is 0 Å². The highest BCUT2D eigenvalue weighted by Crippen LogP contribution is 2.29. The van der Waals surface area contributed by atoms with Gasteiger partial charge in [-0.25, -0.2) is 14.8 Å². The number of ether oxygens (including phenoxy) is 1. The SMILES string of the molecule is COC(=O)c1ccccc1C(=O)N1CCC(c2ccnc(-c3ccccc3)n2)CC1. The van der Waals surface area contributed by atoms with Crippen LogP contribution in [0, 0.1) is 0 Å². The molecule has 0 spiro atoms. The fraction of sp³-hybridized carbons (Fsp3) is 0.250. The van der Waals surface area contributed by atoms with E-state index in [-0.39, 0.29) is 11.8 Å². The van der Waals surface area contributed by atoms with Crippen LogP contribution in [0.3, 0.4) is 0 Å². The molecule has 30 heavy (non-hydrogen) atoms. The summed E-state index contributed by atoms with van der Waals surface area (Å²) in [5.41, 5.74) is 2.68. The van der Waals surface area contributed by atoms with Gasteiger partial charge in [0.25, 0.3) is 5.91 Å². The van der Waals surface area contributed by atoms with E-state index in [9.17, 15) is 9.59 Å². The van der Waals surface area contributed by atoms with E-state index in [1.807, 2.05) is 36.4 Å². The normalized spacial score (nSPS) is 14.4. The molecule has 4 rings (SSSR count). The first-order valence-electron chi connectivity index (χ1n) is 10.0. The Labute approximate surface area is 175 Å². The van der Waals surface area contributed by atoms with E-state index in [4.69, 9.17) is 9.72 Å². The standard InChI is InChI=1S/C24H23N3O3/c1-30-24(29)20-10-6-5-9-19(20)23(28)27-15-12-17(13-16-27)21-11-14-25-22(26-21)18-7-3-2-4-8-18/h2-11,14,17H,12-13,15-16H2,1H3. The van der Waals surface area contributed by atoms with Crippen LogP contribution in [0.2, 0.25) is 0 Å². The lowest BCUT2D eigenvalue weighted by atomic mass is 9.92. The van der Waals surface area contributed by atoms with Crippen molar-refractivity contribution >= 4 is 11.9 Å². The molecule has 2 heterocycles. The topological polar surface area (TPSA) is 72.4 Å². The Morgan fingerprint density at radius 3 is 2.30 bits per heavy atom. The third-order valence-electron chi connectivity index (χ3n) is 5.47. The van der Waals surface area contributed by atoms with Gasteiger partial charge in [0.15, 0.2) is 5.82 Å². The lowest BCUT2D eigenvalue weighted by Gasteiger charge is -2.32. The van der Waals surface area contributed by atoms with Gasteiger partial charge in [0.05, 0.1) is 18.2 Å². The number of piperidine rings is 1. The number of aromatic nitrogens is 2. The van der Waals surface area contributed by atoms with E-state index < -0.39 is 5.97 Å². The Balaban J connectivity index is 1.46. The maximum atomic E-state index is 13.0. The molecule has 1 fully saturated rings. The van der Waals surface area contributed by atoms with Crippen LogP contribution in [0.1, 0.15) is 45.2 Å². The number of hydrogen-bond acceptors (Lipinski definition) is 5. The third kappa shape index (κ3) is 4.08. The number of carbonyl (C=O) groups excluding carboxylic acids is 2. The van der Waals surface area contributed by atoms with Crippen LogP contribution < -0.4 is 0 Å². The maximum Gasteiger partial charge on any atom is 0.338 e. The van der Waals surface area contributed by atoms with Gasteiger partial charge in [-0.15, -0.1) is 0 Å². The molecule has 1 aliphatic rings. The third-order valence-corrected chi connectivity index (χ3v) is 5.47. The van der Waals surface area contributed by atoms with E-state index in [1.165, 1.54) is 7.11 Å². The quantitative estimate of drug-likeness (QED) is 0.619. The summed E-state index contributed by atoms with van der Waals surface area (Å²) in [7, 11) is 1.32. The van der Waals surface area contributed by atoms with E-state index in [1.54, 1.807) is 35.4 Å². The maximum absolute atomic E-state index is 13.0. The molecular formula is C24H23N3O3. The zero-order chi connectivity index (χ0) is 20.9. The zero-order valence-corrected chi connectivity index (χ0v) is 16.8. The second-order valence-electron chi connectivity index (χ2n) is 7.27. The first-order chi connectivity index (χ1) is 14.7. The lowest BCUT2D eigenvalue weighted by molar-refractivity contribution is 0.0586. The van der Waals surface area contributed by atoms with E-state index in [2.05, 4.69) is 4.98 Å². The smallest absolute Gasteiger partial charge is 0.338 e. The number of rotatable bonds is 4. The van der Waals surface area contributed by atoms with Gasteiger partial charge in [-0.1, -0.05) is 42.5 Å². The number of esters is 1. The number of methoxy groups -OCH3 is 1. The molecule has 0 radical (unpaired) electrons. The molecule has 0 unspecified atom stereocenters. The molecule has 0 N–H and O–H groups in total.